The van der Waals surface area contributed by atoms with Crippen LogP contribution in [0.5, 0.6) is 5.75 Å². The van der Waals surface area contributed by atoms with E-state index in [1.807, 2.05) is 24.1 Å². The molecule has 22 heavy (non-hydrogen) atoms. The van der Waals surface area contributed by atoms with Gasteiger partial charge in [0.2, 0.25) is 5.91 Å². The summed E-state index contributed by atoms with van der Waals surface area (Å²) in [5.41, 5.74) is 0.642. The summed E-state index contributed by atoms with van der Waals surface area (Å²) in [4.78, 5) is 15.1. The molecular formula is C15H16Cl2N2O2S. The molecule has 4 nitrogen and oxygen atoms in total. The first-order chi connectivity index (χ1) is 10.5. The van der Waals surface area contributed by atoms with Crippen molar-refractivity contribution in [1.29, 1.82) is 0 Å². The van der Waals surface area contributed by atoms with Gasteiger partial charge in [-0.3, -0.25) is 9.69 Å². The van der Waals surface area contributed by atoms with E-state index >= 15 is 0 Å². The minimum atomic E-state index is -0.105. The normalized spacial score (nSPS) is 10.8. The second-order valence-corrected chi connectivity index (χ2v) is 6.98. The molecule has 0 bridgehead atoms. The van der Waals surface area contributed by atoms with E-state index in [9.17, 15) is 4.79 Å². The highest BCUT2D eigenvalue weighted by Gasteiger charge is 2.10. The van der Waals surface area contributed by atoms with Gasteiger partial charge in [-0.2, -0.15) is 0 Å². The molecule has 2 aromatic rings. The number of hydrogen-bond donors (Lipinski definition) is 1. The Morgan fingerprint density at radius 1 is 1.32 bits per heavy atom. The van der Waals surface area contributed by atoms with Crippen LogP contribution in [0.25, 0.3) is 0 Å². The number of carbonyl (C=O) groups excluding carboxylic acids is 1. The number of rotatable bonds is 6. The van der Waals surface area contributed by atoms with Gasteiger partial charge in [0.05, 0.1) is 23.0 Å². The van der Waals surface area contributed by atoms with Crippen molar-refractivity contribution in [2.45, 2.75) is 6.54 Å². The lowest BCUT2D eigenvalue weighted by atomic mass is 10.3. The summed E-state index contributed by atoms with van der Waals surface area (Å²) in [6, 6.07) is 8.95. The molecule has 0 saturated carbocycles. The number of hydrogen-bond acceptors (Lipinski definition) is 4. The van der Waals surface area contributed by atoms with Gasteiger partial charge in [0, 0.05) is 17.1 Å². The highest BCUT2D eigenvalue weighted by molar-refractivity contribution is 7.16. The molecule has 0 atom stereocenters. The molecule has 1 aromatic heterocycles. The van der Waals surface area contributed by atoms with Gasteiger partial charge < -0.3 is 10.1 Å². The smallest absolute Gasteiger partial charge is 0.238 e. The number of ether oxygens (including phenoxy) is 1. The molecule has 0 unspecified atom stereocenters. The van der Waals surface area contributed by atoms with Gasteiger partial charge in [-0.05, 0) is 37.4 Å². The standard InChI is InChI=1S/C15H16Cl2N2O2S/c1-19(8-11-4-6-14(17)22-11)9-15(20)18-10-3-5-13(21-2)12(16)7-10/h3-7H,8-9H2,1-2H3,(H,18,20). The van der Waals surface area contributed by atoms with Crippen LogP contribution in [0, 0.1) is 0 Å². The Kier molecular flexibility index (Phi) is 6.08. The Morgan fingerprint density at radius 2 is 2.09 bits per heavy atom. The number of amides is 1. The monoisotopic (exact) mass is 358 g/mol. The van der Waals surface area contributed by atoms with Gasteiger partial charge >= 0.3 is 0 Å². The van der Waals surface area contributed by atoms with Gasteiger partial charge in [0.1, 0.15) is 5.75 Å². The Balaban J connectivity index is 1.88. The molecule has 1 heterocycles. The van der Waals surface area contributed by atoms with Crippen molar-refractivity contribution in [3.05, 3.63) is 44.6 Å². The molecule has 2 rings (SSSR count). The van der Waals surface area contributed by atoms with Gasteiger partial charge in [-0.25, -0.2) is 0 Å². The molecule has 1 N–H and O–H groups in total. The van der Waals surface area contributed by atoms with E-state index in [2.05, 4.69) is 5.32 Å². The summed E-state index contributed by atoms with van der Waals surface area (Å²) in [6.07, 6.45) is 0. The molecule has 0 spiro atoms. The highest BCUT2D eigenvalue weighted by atomic mass is 35.5. The van der Waals surface area contributed by atoms with Gasteiger partial charge in [0.15, 0.2) is 0 Å². The second kappa shape index (κ2) is 7.83. The van der Waals surface area contributed by atoms with Crippen LogP contribution in [0.1, 0.15) is 4.88 Å². The summed E-state index contributed by atoms with van der Waals surface area (Å²) in [6.45, 7) is 0.952. The van der Waals surface area contributed by atoms with E-state index in [1.54, 1.807) is 25.3 Å². The number of anilines is 1. The van der Waals surface area contributed by atoms with Gasteiger partial charge in [-0.15, -0.1) is 11.3 Å². The molecule has 0 fully saturated rings. The van der Waals surface area contributed by atoms with Crippen molar-refractivity contribution in [1.82, 2.24) is 4.90 Å². The largest absolute Gasteiger partial charge is 0.495 e. The van der Waals surface area contributed by atoms with Crippen LogP contribution in [-0.4, -0.2) is 31.5 Å². The van der Waals surface area contributed by atoms with Crippen molar-refractivity contribution in [3.63, 3.8) is 0 Å². The van der Waals surface area contributed by atoms with Crippen LogP contribution in [0.4, 0.5) is 5.69 Å². The number of thiophene rings is 1. The zero-order valence-corrected chi connectivity index (χ0v) is 14.6. The number of nitrogens with one attached hydrogen (secondary N) is 1. The fraction of sp³-hybridized carbons (Fsp3) is 0.267. The average molecular weight is 359 g/mol. The SMILES string of the molecule is COc1ccc(NC(=O)CN(C)Cc2ccc(Cl)s2)cc1Cl. The zero-order chi connectivity index (χ0) is 16.1. The average Bonchev–Trinajstić information content (AvgIpc) is 2.83. The molecule has 1 aromatic carbocycles. The first-order valence-corrected chi connectivity index (χ1v) is 8.11. The van der Waals surface area contributed by atoms with Crippen molar-refractivity contribution >= 4 is 46.1 Å². The Hall–Kier alpha value is -1.27. The van der Waals surface area contributed by atoms with E-state index in [0.717, 1.165) is 9.21 Å². The first-order valence-electron chi connectivity index (χ1n) is 6.54. The molecule has 118 valence electrons. The fourth-order valence-electron chi connectivity index (χ4n) is 1.95. The summed E-state index contributed by atoms with van der Waals surface area (Å²) in [7, 11) is 3.43. The summed E-state index contributed by atoms with van der Waals surface area (Å²) in [5.74, 6) is 0.470. The number of halogens is 2. The van der Waals surface area contributed by atoms with Crippen molar-refractivity contribution in [3.8, 4) is 5.75 Å². The van der Waals surface area contributed by atoms with Crippen LogP contribution in [-0.2, 0) is 11.3 Å². The summed E-state index contributed by atoms with van der Waals surface area (Å²) >= 11 is 13.4. The van der Waals surface area contributed by atoms with Crippen molar-refractivity contribution in [2.75, 3.05) is 26.0 Å². The minimum Gasteiger partial charge on any atom is -0.495 e. The predicted octanol–water partition coefficient (Wildman–Crippen LogP) is 4.13. The molecule has 0 saturated heterocycles. The van der Waals surface area contributed by atoms with Crippen LogP contribution in [0.2, 0.25) is 9.36 Å². The number of likely N-dealkylation sites (N-methyl/N-ethyl adjacent to an activating group) is 1. The second-order valence-electron chi connectivity index (χ2n) is 4.78. The number of benzene rings is 1. The van der Waals surface area contributed by atoms with Crippen LogP contribution in [0.3, 0.4) is 0 Å². The molecule has 7 heteroatoms. The molecular weight excluding hydrogens is 343 g/mol. The quantitative estimate of drug-likeness (QED) is 0.843. The number of methoxy groups -OCH3 is 1. The fourth-order valence-corrected chi connectivity index (χ4v) is 3.37. The van der Waals surface area contributed by atoms with E-state index in [-0.39, 0.29) is 12.5 Å². The zero-order valence-electron chi connectivity index (χ0n) is 12.2. The van der Waals surface area contributed by atoms with E-state index in [0.29, 0.717) is 23.0 Å². The minimum absolute atomic E-state index is 0.105. The van der Waals surface area contributed by atoms with Crippen LogP contribution < -0.4 is 10.1 Å². The third-order valence-electron chi connectivity index (χ3n) is 2.90. The lowest BCUT2D eigenvalue weighted by molar-refractivity contribution is -0.117. The number of nitrogens with zero attached hydrogens (tertiary/aromatic N) is 1. The molecule has 0 aliphatic heterocycles. The lowest BCUT2D eigenvalue weighted by Crippen LogP contribution is -2.29. The Labute approximate surface area is 143 Å². The van der Waals surface area contributed by atoms with E-state index in [4.69, 9.17) is 27.9 Å². The topological polar surface area (TPSA) is 41.6 Å². The molecule has 0 radical (unpaired) electrons. The Morgan fingerprint density at radius 3 is 2.68 bits per heavy atom. The Bertz CT molecular complexity index is 661. The number of carbonyl (C=O) groups is 1. The summed E-state index contributed by atoms with van der Waals surface area (Å²) in [5, 5.41) is 3.27. The van der Waals surface area contributed by atoms with Crippen molar-refractivity contribution in [2.24, 2.45) is 0 Å². The van der Waals surface area contributed by atoms with Crippen molar-refractivity contribution < 1.29 is 9.53 Å². The van der Waals surface area contributed by atoms with Gasteiger partial charge in [-0.1, -0.05) is 23.2 Å². The molecule has 0 aliphatic rings. The third-order valence-corrected chi connectivity index (χ3v) is 4.41. The maximum atomic E-state index is 12.0. The molecule has 1 amide bonds. The maximum Gasteiger partial charge on any atom is 0.238 e. The lowest BCUT2D eigenvalue weighted by Gasteiger charge is -2.15. The van der Waals surface area contributed by atoms with Crippen LogP contribution in [0.15, 0.2) is 30.3 Å². The first kappa shape index (κ1) is 17.1. The van der Waals surface area contributed by atoms with Crippen LogP contribution >= 0.6 is 34.5 Å². The predicted molar refractivity (Wildman–Crippen MR) is 92.3 cm³/mol. The van der Waals surface area contributed by atoms with Gasteiger partial charge in [0.25, 0.3) is 0 Å². The van der Waals surface area contributed by atoms with E-state index in [1.165, 1.54) is 11.3 Å². The molecule has 0 aliphatic carbocycles. The highest BCUT2D eigenvalue weighted by Crippen LogP contribution is 2.27. The maximum absolute atomic E-state index is 12.0. The van der Waals surface area contributed by atoms with E-state index < -0.39 is 0 Å². The summed E-state index contributed by atoms with van der Waals surface area (Å²) < 4.78 is 5.83. The third kappa shape index (κ3) is 4.88.